The lowest BCUT2D eigenvalue weighted by Gasteiger charge is -2.33. The Hall–Kier alpha value is -1.14. The molecule has 1 heterocycles. The van der Waals surface area contributed by atoms with Crippen molar-refractivity contribution in [3.05, 3.63) is 35.4 Å². The molecule has 5 nitrogen and oxygen atoms in total. The van der Waals surface area contributed by atoms with Gasteiger partial charge in [0.05, 0.1) is 13.2 Å². The number of halogens is 1. The first kappa shape index (κ1) is 22.2. The molecule has 27 heavy (non-hydrogen) atoms. The Labute approximate surface area is 169 Å². The third-order valence-corrected chi connectivity index (χ3v) is 5.86. The normalized spacial score (nSPS) is 25.0. The SMILES string of the molecule is CCN(CC)C(=O)c1ccc(CNC2CCCC2C2COCCN2)cc1.Cl. The lowest BCUT2D eigenvalue weighted by Crippen LogP contribution is -2.50. The molecular weight excluding hydrogens is 362 g/mol. The highest BCUT2D eigenvalue weighted by Gasteiger charge is 2.34. The van der Waals surface area contributed by atoms with Gasteiger partial charge in [-0.1, -0.05) is 18.6 Å². The number of morpholine rings is 1. The van der Waals surface area contributed by atoms with Gasteiger partial charge in [-0.05, 0) is 50.3 Å². The van der Waals surface area contributed by atoms with Crippen molar-refractivity contribution in [1.82, 2.24) is 15.5 Å². The van der Waals surface area contributed by atoms with E-state index in [4.69, 9.17) is 4.74 Å². The Morgan fingerprint density at radius 1 is 1.22 bits per heavy atom. The maximum absolute atomic E-state index is 12.4. The highest BCUT2D eigenvalue weighted by atomic mass is 35.5. The number of carbonyl (C=O) groups is 1. The Kier molecular flexibility index (Phi) is 9.03. The Morgan fingerprint density at radius 3 is 2.59 bits per heavy atom. The van der Waals surface area contributed by atoms with Crippen LogP contribution in [0.25, 0.3) is 0 Å². The van der Waals surface area contributed by atoms with Crippen molar-refractivity contribution < 1.29 is 9.53 Å². The molecule has 0 radical (unpaired) electrons. The number of carbonyl (C=O) groups excluding carboxylic acids is 1. The van der Waals surface area contributed by atoms with Gasteiger partial charge in [0.2, 0.25) is 0 Å². The molecule has 0 aromatic heterocycles. The van der Waals surface area contributed by atoms with Crippen LogP contribution in [-0.2, 0) is 11.3 Å². The second-order valence-corrected chi connectivity index (χ2v) is 7.39. The number of nitrogens with one attached hydrogen (secondary N) is 2. The van der Waals surface area contributed by atoms with Gasteiger partial charge < -0.3 is 20.3 Å². The van der Waals surface area contributed by atoms with Gasteiger partial charge in [0.25, 0.3) is 5.91 Å². The maximum Gasteiger partial charge on any atom is 0.253 e. The fourth-order valence-corrected chi connectivity index (χ4v) is 4.29. The van der Waals surface area contributed by atoms with Crippen LogP contribution in [0.15, 0.2) is 24.3 Å². The van der Waals surface area contributed by atoms with E-state index in [0.717, 1.165) is 45.0 Å². The van der Waals surface area contributed by atoms with Crippen LogP contribution in [0.4, 0.5) is 0 Å². The van der Waals surface area contributed by atoms with Crippen LogP contribution in [0, 0.1) is 5.92 Å². The van der Waals surface area contributed by atoms with Crippen LogP contribution in [0.2, 0.25) is 0 Å². The smallest absolute Gasteiger partial charge is 0.253 e. The molecule has 1 aliphatic carbocycles. The zero-order valence-electron chi connectivity index (χ0n) is 16.6. The predicted molar refractivity (Wildman–Crippen MR) is 112 cm³/mol. The van der Waals surface area contributed by atoms with Gasteiger partial charge in [-0.2, -0.15) is 0 Å². The standard InChI is InChI=1S/C21H33N3O2.ClH/c1-3-24(4-2)21(25)17-10-8-16(9-11-17)14-23-19-7-5-6-18(19)20-15-26-13-12-22-20;/h8-11,18-20,22-23H,3-7,12-15H2,1-2H3;1H. The first-order valence-corrected chi connectivity index (χ1v) is 10.2. The van der Waals surface area contributed by atoms with Crippen LogP contribution in [0.3, 0.4) is 0 Å². The summed E-state index contributed by atoms with van der Waals surface area (Å²) in [5, 5.41) is 7.37. The molecule has 0 spiro atoms. The van der Waals surface area contributed by atoms with Gasteiger partial charge >= 0.3 is 0 Å². The minimum absolute atomic E-state index is 0. The summed E-state index contributed by atoms with van der Waals surface area (Å²) in [5.41, 5.74) is 2.01. The summed E-state index contributed by atoms with van der Waals surface area (Å²) in [5.74, 6) is 0.771. The van der Waals surface area contributed by atoms with Gasteiger partial charge in [-0.15, -0.1) is 12.4 Å². The van der Waals surface area contributed by atoms with E-state index in [1.165, 1.54) is 24.8 Å². The third kappa shape index (κ3) is 5.67. The van der Waals surface area contributed by atoms with Crippen molar-refractivity contribution >= 4 is 18.3 Å². The van der Waals surface area contributed by atoms with Crippen molar-refractivity contribution in [1.29, 1.82) is 0 Å². The lowest BCUT2D eigenvalue weighted by molar-refractivity contribution is 0.0524. The van der Waals surface area contributed by atoms with E-state index in [1.807, 2.05) is 30.9 Å². The minimum atomic E-state index is 0. The molecule has 2 fully saturated rings. The molecule has 3 rings (SSSR count). The molecule has 1 amide bonds. The van der Waals surface area contributed by atoms with Crippen LogP contribution >= 0.6 is 12.4 Å². The number of hydrogen-bond donors (Lipinski definition) is 2. The molecule has 0 bridgehead atoms. The van der Waals surface area contributed by atoms with Gasteiger partial charge in [0, 0.05) is 43.8 Å². The molecular formula is C21H34ClN3O2. The van der Waals surface area contributed by atoms with E-state index >= 15 is 0 Å². The van der Waals surface area contributed by atoms with E-state index in [1.54, 1.807) is 0 Å². The molecule has 3 unspecified atom stereocenters. The predicted octanol–water partition coefficient (Wildman–Crippen LogP) is 2.84. The fraction of sp³-hybridized carbons (Fsp3) is 0.667. The molecule has 1 aromatic rings. The lowest BCUT2D eigenvalue weighted by atomic mass is 9.94. The summed E-state index contributed by atoms with van der Waals surface area (Å²) in [6.07, 6.45) is 3.80. The topological polar surface area (TPSA) is 53.6 Å². The number of benzene rings is 1. The van der Waals surface area contributed by atoms with Gasteiger partial charge in [0.1, 0.15) is 0 Å². The van der Waals surface area contributed by atoms with Crippen LogP contribution in [0.5, 0.6) is 0 Å². The first-order chi connectivity index (χ1) is 12.7. The van der Waals surface area contributed by atoms with Crippen LogP contribution in [-0.4, -0.2) is 55.7 Å². The van der Waals surface area contributed by atoms with Gasteiger partial charge in [-0.3, -0.25) is 4.79 Å². The average Bonchev–Trinajstić information content (AvgIpc) is 3.17. The quantitative estimate of drug-likeness (QED) is 0.745. The van der Waals surface area contributed by atoms with Crippen LogP contribution in [0.1, 0.15) is 49.0 Å². The average molecular weight is 396 g/mol. The summed E-state index contributed by atoms with van der Waals surface area (Å²) < 4.78 is 5.65. The number of ether oxygens (including phenoxy) is 1. The molecule has 2 aliphatic rings. The van der Waals surface area contributed by atoms with Crippen molar-refractivity contribution in [2.45, 2.75) is 51.7 Å². The number of hydrogen-bond acceptors (Lipinski definition) is 4. The Balaban J connectivity index is 0.00000261. The van der Waals surface area contributed by atoms with Crippen molar-refractivity contribution in [2.75, 3.05) is 32.8 Å². The fourth-order valence-electron chi connectivity index (χ4n) is 4.29. The van der Waals surface area contributed by atoms with Crippen molar-refractivity contribution in [3.63, 3.8) is 0 Å². The molecule has 1 saturated heterocycles. The van der Waals surface area contributed by atoms with E-state index < -0.39 is 0 Å². The molecule has 152 valence electrons. The zero-order chi connectivity index (χ0) is 18.4. The Morgan fingerprint density at radius 2 is 1.96 bits per heavy atom. The molecule has 1 saturated carbocycles. The first-order valence-electron chi connectivity index (χ1n) is 10.2. The molecule has 2 N–H and O–H groups in total. The van der Waals surface area contributed by atoms with Crippen molar-refractivity contribution in [2.24, 2.45) is 5.92 Å². The van der Waals surface area contributed by atoms with E-state index in [0.29, 0.717) is 18.0 Å². The third-order valence-electron chi connectivity index (χ3n) is 5.86. The summed E-state index contributed by atoms with van der Waals surface area (Å²) in [6, 6.07) is 9.11. The molecule has 3 atom stereocenters. The van der Waals surface area contributed by atoms with Crippen molar-refractivity contribution in [3.8, 4) is 0 Å². The second kappa shape index (κ2) is 11.0. The molecule has 1 aromatic carbocycles. The highest BCUT2D eigenvalue weighted by Crippen LogP contribution is 2.29. The summed E-state index contributed by atoms with van der Waals surface area (Å²) in [4.78, 5) is 14.3. The van der Waals surface area contributed by atoms with E-state index in [2.05, 4.69) is 22.8 Å². The highest BCUT2D eigenvalue weighted by molar-refractivity contribution is 5.94. The monoisotopic (exact) mass is 395 g/mol. The number of nitrogens with zero attached hydrogens (tertiary/aromatic N) is 1. The van der Waals surface area contributed by atoms with E-state index in [9.17, 15) is 4.79 Å². The second-order valence-electron chi connectivity index (χ2n) is 7.39. The largest absolute Gasteiger partial charge is 0.379 e. The van der Waals surface area contributed by atoms with Gasteiger partial charge in [0.15, 0.2) is 0 Å². The zero-order valence-corrected chi connectivity index (χ0v) is 17.4. The summed E-state index contributed by atoms with van der Waals surface area (Å²) in [7, 11) is 0. The maximum atomic E-state index is 12.4. The number of rotatable bonds is 7. The Bertz CT molecular complexity index is 571. The van der Waals surface area contributed by atoms with Crippen LogP contribution < -0.4 is 10.6 Å². The minimum Gasteiger partial charge on any atom is -0.379 e. The molecule has 1 aliphatic heterocycles. The number of amides is 1. The molecule has 6 heteroatoms. The van der Waals surface area contributed by atoms with E-state index in [-0.39, 0.29) is 18.3 Å². The summed E-state index contributed by atoms with van der Waals surface area (Å²) in [6.45, 7) is 9.03. The van der Waals surface area contributed by atoms with Gasteiger partial charge in [-0.25, -0.2) is 0 Å². The summed E-state index contributed by atoms with van der Waals surface area (Å²) >= 11 is 0.